The van der Waals surface area contributed by atoms with Crippen LogP contribution < -0.4 is 0 Å². The van der Waals surface area contributed by atoms with E-state index in [0.717, 1.165) is 6.42 Å². The summed E-state index contributed by atoms with van der Waals surface area (Å²) in [6.45, 7) is 2.22. The van der Waals surface area contributed by atoms with E-state index in [9.17, 15) is 4.79 Å². The largest absolute Gasteiger partial charge is 0.375 e. The number of nitrogens with zero attached hydrogens (tertiary/aromatic N) is 1. The zero-order chi connectivity index (χ0) is 10.6. The summed E-state index contributed by atoms with van der Waals surface area (Å²) >= 11 is 1.88. The molecule has 0 fully saturated rings. The van der Waals surface area contributed by atoms with Crippen molar-refractivity contribution in [2.45, 2.75) is 32.2 Å². The summed E-state index contributed by atoms with van der Waals surface area (Å²) in [7, 11) is 2.09. The van der Waals surface area contributed by atoms with Crippen LogP contribution >= 0.6 is 11.8 Å². The van der Waals surface area contributed by atoms with Gasteiger partial charge in [-0.25, -0.2) is 0 Å². The van der Waals surface area contributed by atoms with Gasteiger partial charge in [0.25, 0.3) is 0 Å². The summed E-state index contributed by atoms with van der Waals surface area (Å²) < 4.78 is 0. The minimum atomic E-state index is 0.281. The van der Waals surface area contributed by atoms with Crippen molar-refractivity contribution in [2.75, 3.05) is 19.1 Å². The Balaban J connectivity index is 2.43. The number of allylic oxidation sites excluding steroid dienone is 2. The number of hydrogen-bond donors (Lipinski definition) is 0. The molecular formula is C11H19NOS. The topological polar surface area (TPSA) is 20.3 Å². The maximum Gasteiger partial charge on any atom is 0.157 e. The molecule has 0 aromatic rings. The average Bonchev–Trinajstić information content (AvgIpc) is 2.60. The van der Waals surface area contributed by atoms with Crippen molar-refractivity contribution in [1.82, 2.24) is 4.90 Å². The monoisotopic (exact) mass is 213 g/mol. The molecule has 0 N–H and O–H groups in total. The third-order valence-electron chi connectivity index (χ3n) is 2.81. The number of ketones is 1. The fourth-order valence-corrected chi connectivity index (χ4v) is 2.20. The highest BCUT2D eigenvalue weighted by Gasteiger charge is 2.18. The van der Waals surface area contributed by atoms with Crippen LogP contribution in [0.25, 0.3) is 0 Å². The molecule has 1 aliphatic carbocycles. The molecule has 0 bridgehead atoms. The van der Waals surface area contributed by atoms with Gasteiger partial charge in [-0.1, -0.05) is 0 Å². The third kappa shape index (κ3) is 3.05. The molecule has 0 radical (unpaired) electrons. The number of thioether (sulfide) groups is 1. The molecule has 0 aliphatic heterocycles. The van der Waals surface area contributed by atoms with Crippen LogP contribution in [0.15, 0.2) is 11.8 Å². The second-order valence-electron chi connectivity index (χ2n) is 3.84. The molecule has 80 valence electrons. The summed E-state index contributed by atoms with van der Waals surface area (Å²) in [6.07, 6.45) is 6.75. The van der Waals surface area contributed by atoms with Gasteiger partial charge in [-0.2, -0.15) is 11.8 Å². The molecule has 1 unspecified atom stereocenters. The van der Waals surface area contributed by atoms with E-state index in [0.29, 0.717) is 12.5 Å². The lowest BCUT2D eigenvalue weighted by molar-refractivity contribution is -0.114. The van der Waals surface area contributed by atoms with E-state index >= 15 is 0 Å². The first-order valence-electron chi connectivity index (χ1n) is 5.10. The van der Waals surface area contributed by atoms with Crippen LogP contribution in [-0.4, -0.2) is 35.8 Å². The zero-order valence-corrected chi connectivity index (χ0v) is 10.1. The lowest BCUT2D eigenvalue weighted by atomic mass is 10.2. The average molecular weight is 213 g/mol. The molecule has 0 aromatic carbocycles. The van der Waals surface area contributed by atoms with Crippen LogP contribution in [0.5, 0.6) is 0 Å². The van der Waals surface area contributed by atoms with Gasteiger partial charge in [0.05, 0.1) is 0 Å². The van der Waals surface area contributed by atoms with Gasteiger partial charge in [-0.05, 0) is 31.8 Å². The maximum absolute atomic E-state index is 11.1. The Kier molecular flexibility index (Phi) is 4.52. The van der Waals surface area contributed by atoms with Crippen LogP contribution in [-0.2, 0) is 4.79 Å². The van der Waals surface area contributed by atoms with E-state index in [1.54, 1.807) is 6.08 Å². The second-order valence-corrected chi connectivity index (χ2v) is 4.83. The van der Waals surface area contributed by atoms with Gasteiger partial charge in [0.2, 0.25) is 0 Å². The molecule has 0 aromatic heterocycles. The lowest BCUT2D eigenvalue weighted by Gasteiger charge is -2.27. The number of rotatable bonds is 5. The van der Waals surface area contributed by atoms with E-state index in [1.165, 1.54) is 17.9 Å². The van der Waals surface area contributed by atoms with Gasteiger partial charge in [-0.15, -0.1) is 0 Å². The first kappa shape index (κ1) is 11.6. The Morgan fingerprint density at radius 1 is 1.57 bits per heavy atom. The van der Waals surface area contributed by atoms with E-state index < -0.39 is 0 Å². The normalized spacial score (nSPS) is 18.2. The van der Waals surface area contributed by atoms with E-state index in [1.807, 2.05) is 11.8 Å². The van der Waals surface area contributed by atoms with Gasteiger partial charge >= 0.3 is 0 Å². The first-order valence-corrected chi connectivity index (χ1v) is 6.49. The van der Waals surface area contributed by atoms with Crippen molar-refractivity contribution < 1.29 is 4.79 Å². The summed E-state index contributed by atoms with van der Waals surface area (Å²) in [5.74, 6) is 1.47. The van der Waals surface area contributed by atoms with Crippen LogP contribution in [0.1, 0.15) is 26.2 Å². The minimum absolute atomic E-state index is 0.281. The van der Waals surface area contributed by atoms with Gasteiger partial charge in [-0.3, -0.25) is 4.79 Å². The van der Waals surface area contributed by atoms with E-state index in [-0.39, 0.29) is 5.78 Å². The molecular weight excluding hydrogens is 194 g/mol. The SMILES string of the molecule is CSCCC(C)N(C)C1=CC(=O)CC1. The van der Waals surface area contributed by atoms with Crippen molar-refractivity contribution in [3.8, 4) is 0 Å². The van der Waals surface area contributed by atoms with Crippen molar-refractivity contribution in [3.63, 3.8) is 0 Å². The predicted octanol–water partition coefficient (Wildman–Crippen LogP) is 2.31. The van der Waals surface area contributed by atoms with Gasteiger partial charge in [0, 0.05) is 31.3 Å². The number of carbonyl (C=O) groups is 1. The van der Waals surface area contributed by atoms with Crippen LogP contribution in [0.3, 0.4) is 0 Å². The second kappa shape index (κ2) is 5.44. The van der Waals surface area contributed by atoms with Crippen molar-refractivity contribution >= 4 is 17.5 Å². The minimum Gasteiger partial charge on any atom is -0.375 e. The molecule has 3 heteroatoms. The molecule has 1 atom stereocenters. The smallest absolute Gasteiger partial charge is 0.157 e. The quantitative estimate of drug-likeness (QED) is 0.699. The summed E-state index contributed by atoms with van der Waals surface area (Å²) in [5.41, 5.74) is 1.21. The fraction of sp³-hybridized carbons (Fsp3) is 0.727. The molecule has 0 saturated carbocycles. The first-order chi connectivity index (χ1) is 6.65. The van der Waals surface area contributed by atoms with Gasteiger partial charge in [0.15, 0.2) is 5.78 Å². The highest BCUT2D eigenvalue weighted by Crippen LogP contribution is 2.21. The van der Waals surface area contributed by atoms with Crippen LogP contribution in [0.2, 0.25) is 0 Å². The van der Waals surface area contributed by atoms with Crippen LogP contribution in [0, 0.1) is 0 Å². The maximum atomic E-state index is 11.1. The molecule has 0 heterocycles. The Labute approximate surface area is 90.7 Å². The summed E-state index contributed by atoms with van der Waals surface area (Å²) in [6, 6.07) is 0.541. The molecule has 2 nitrogen and oxygen atoms in total. The zero-order valence-electron chi connectivity index (χ0n) is 9.25. The molecule has 1 aliphatic rings. The Hall–Kier alpha value is -0.440. The fourth-order valence-electron chi connectivity index (χ4n) is 1.62. The Bertz CT molecular complexity index is 237. The molecule has 1 rings (SSSR count). The standard InChI is InChI=1S/C11H19NOS/c1-9(6-7-14-3)12(2)10-4-5-11(13)8-10/h8-9H,4-7H2,1-3H3. The predicted molar refractivity (Wildman–Crippen MR) is 62.5 cm³/mol. The Morgan fingerprint density at radius 3 is 2.79 bits per heavy atom. The molecule has 0 spiro atoms. The van der Waals surface area contributed by atoms with Crippen molar-refractivity contribution in [3.05, 3.63) is 11.8 Å². The Morgan fingerprint density at radius 2 is 2.29 bits per heavy atom. The van der Waals surface area contributed by atoms with Gasteiger partial charge < -0.3 is 4.90 Å². The lowest BCUT2D eigenvalue weighted by Crippen LogP contribution is -2.28. The molecule has 14 heavy (non-hydrogen) atoms. The molecule has 0 amide bonds. The van der Waals surface area contributed by atoms with Crippen molar-refractivity contribution in [1.29, 1.82) is 0 Å². The summed E-state index contributed by atoms with van der Waals surface area (Å²) in [5, 5.41) is 0. The van der Waals surface area contributed by atoms with E-state index in [2.05, 4.69) is 25.1 Å². The highest BCUT2D eigenvalue weighted by molar-refractivity contribution is 7.98. The highest BCUT2D eigenvalue weighted by atomic mass is 32.2. The van der Waals surface area contributed by atoms with Crippen LogP contribution in [0.4, 0.5) is 0 Å². The van der Waals surface area contributed by atoms with E-state index in [4.69, 9.17) is 0 Å². The van der Waals surface area contributed by atoms with Crippen molar-refractivity contribution in [2.24, 2.45) is 0 Å². The van der Waals surface area contributed by atoms with Gasteiger partial charge in [0.1, 0.15) is 0 Å². The number of hydrogen-bond acceptors (Lipinski definition) is 3. The number of carbonyl (C=O) groups excluding carboxylic acids is 1. The molecule has 0 saturated heterocycles. The third-order valence-corrected chi connectivity index (χ3v) is 3.45. The summed E-state index contributed by atoms with van der Waals surface area (Å²) in [4.78, 5) is 13.3.